The fourth-order valence-corrected chi connectivity index (χ4v) is 2.06. The van der Waals surface area contributed by atoms with E-state index in [0.29, 0.717) is 6.54 Å². The van der Waals surface area contributed by atoms with Crippen molar-refractivity contribution in [1.82, 2.24) is 5.32 Å². The quantitative estimate of drug-likeness (QED) is 0.889. The summed E-state index contributed by atoms with van der Waals surface area (Å²) in [6.45, 7) is 0.973. The van der Waals surface area contributed by atoms with Gasteiger partial charge in [0.25, 0.3) is 0 Å². The highest BCUT2D eigenvalue weighted by molar-refractivity contribution is 9.10. The molecule has 4 heteroatoms. The molecule has 0 aliphatic rings. The van der Waals surface area contributed by atoms with Crippen molar-refractivity contribution in [3.63, 3.8) is 0 Å². The van der Waals surface area contributed by atoms with Gasteiger partial charge in [-0.25, -0.2) is 0 Å². The number of nitrogens with one attached hydrogen (secondary N) is 2. The number of carbonyl (C=O) groups excluding carboxylic acids is 1. The predicted molar refractivity (Wildman–Crippen MR) is 80.9 cm³/mol. The molecule has 2 N–H and O–H groups in total. The van der Waals surface area contributed by atoms with Gasteiger partial charge in [-0.05, 0) is 33.6 Å². The summed E-state index contributed by atoms with van der Waals surface area (Å²) in [5.41, 5.74) is 1.95. The van der Waals surface area contributed by atoms with E-state index in [0.717, 1.165) is 15.7 Å². The molecule has 0 aliphatic heterocycles. The number of benzene rings is 2. The molecule has 2 rings (SSSR count). The van der Waals surface area contributed by atoms with Crippen LogP contribution in [0.15, 0.2) is 59.1 Å². The van der Waals surface area contributed by atoms with E-state index in [1.807, 2.05) is 54.6 Å². The molecule has 0 saturated carbocycles. The molecule has 0 saturated heterocycles. The van der Waals surface area contributed by atoms with Gasteiger partial charge >= 0.3 is 0 Å². The van der Waals surface area contributed by atoms with Crippen LogP contribution in [0.4, 0.5) is 5.69 Å². The Hall–Kier alpha value is -1.65. The van der Waals surface area contributed by atoms with Crippen LogP contribution in [0.5, 0.6) is 0 Å². The SMILES string of the molecule is O=C(CNCc1ccccc1)Nc1ccccc1Br. The number of para-hydroxylation sites is 1. The van der Waals surface area contributed by atoms with Crippen LogP contribution in [-0.2, 0) is 11.3 Å². The van der Waals surface area contributed by atoms with Crippen LogP contribution in [0.2, 0.25) is 0 Å². The van der Waals surface area contributed by atoms with E-state index in [9.17, 15) is 4.79 Å². The van der Waals surface area contributed by atoms with Crippen molar-refractivity contribution in [3.05, 3.63) is 64.6 Å². The summed E-state index contributed by atoms with van der Waals surface area (Å²) in [4.78, 5) is 11.8. The Morgan fingerprint density at radius 3 is 2.42 bits per heavy atom. The second-order valence-corrected chi connectivity index (χ2v) is 4.97. The van der Waals surface area contributed by atoms with Gasteiger partial charge in [-0.3, -0.25) is 4.79 Å². The second-order valence-electron chi connectivity index (χ2n) is 4.12. The zero-order valence-electron chi connectivity index (χ0n) is 10.4. The Morgan fingerprint density at radius 1 is 1.00 bits per heavy atom. The first-order chi connectivity index (χ1) is 9.25. The number of hydrogen-bond donors (Lipinski definition) is 2. The van der Waals surface area contributed by atoms with Crippen LogP contribution in [0.1, 0.15) is 5.56 Å². The maximum atomic E-state index is 11.8. The Balaban J connectivity index is 1.78. The van der Waals surface area contributed by atoms with Gasteiger partial charge in [0.15, 0.2) is 0 Å². The predicted octanol–water partition coefficient (Wildman–Crippen LogP) is 3.18. The van der Waals surface area contributed by atoms with E-state index in [2.05, 4.69) is 26.6 Å². The molecule has 0 spiro atoms. The van der Waals surface area contributed by atoms with Gasteiger partial charge in [0, 0.05) is 11.0 Å². The van der Waals surface area contributed by atoms with Crippen LogP contribution >= 0.6 is 15.9 Å². The zero-order chi connectivity index (χ0) is 13.5. The van der Waals surface area contributed by atoms with Gasteiger partial charge in [-0.1, -0.05) is 42.5 Å². The van der Waals surface area contributed by atoms with Crippen LogP contribution < -0.4 is 10.6 Å². The highest BCUT2D eigenvalue weighted by Crippen LogP contribution is 2.20. The minimum atomic E-state index is -0.0529. The summed E-state index contributed by atoms with van der Waals surface area (Å²) >= 11 is 3.39. The van der Waals surface area contributed by atoms with E-state index in [-0.39, 0.29) is 12.5 Å². The molecule has 0 unspecified atom stereocenters. The van der Waals surface area contributed by atoms with Gasteiger partial charge < -0.3 is 10.6 Å². The molecule has 0 aromatic heterocycles. The Morgan fingerprint density at radius 2 is 1.68 bits per heavy atom. The van der Waals surface area contributed by atoms with E-state index < -0.39 is 0 Å². The normalized spacial score (nSPS) is 10.2. The lowest BCUT2D eigenvalue weighted by molar-refractivity contribution is -0.115. The Labute approximate surface area is 121 Å². The highest BCUT2D eigenvalue weighted by atomic mass is 79.9. The first kappa shape index (κ1) is 13.8. The molecule has 0 aliphatic carbocycles. The molecule has 0 fully saturated rings. The van der Waals surface area contributed by atoms with Gasteiger partial charge in [-0.2, -0.15) is 0 Å². The third kappa shape index (κ3) is 4.50. The molecular weight excluding hydrogens is 304 g/mol. The van der Waals surface area contributed by atoms with Crippen molar-refractivity contribution in [2.45, 2.75) is 6.54 Å². The van der Waals surface area contributed by atoms with Gasteiger partial charge in [-0.15, -0.1) is 0 Å². The molecule has 0 bridgehead atoms. The molecule has 2 aromatic carbocycles. The molecule has 0 heterocycles. The van der Waals surface area contributed by atoms with Crippen molar-refractivity contribution in [2.75, 3.05) is 11.9 Å². The van der Waals surface area contributed by atoms with E-state index in [1.165, 1.54) is 0 Å². The fraction of sp³-hybridized carbons (Fsp3) is 0.133. The molecule has 2 aromatic rings. The second kappa shape index (κ2) is 7.07. The summed E-state index contributed by atoms with van der Waals surface area (Å²) < 4.78 is 0.881. The zero-order valence-corrected chi connectivity index (χ0v) is 12.0. The largest absolute Gasteiger partial charge is 0.324 e. The third-order valence-corrected chi connectivity index (χ3v) is 3.30. The first-order valence-corrected chi connectivity index (χ1v) is 6.84. The van der Waals surface area contributed by atoms with Crippen molar-refractivity contribution in [1.29, 1.82) is 0 Å². The minimum absolute atomic E-state index is 0.0529. The van der Waals surface area contributed by atoms with Gasteiger partial charge in [0.05, 0.1) is 12.2 Å². The number of rotatable bonds is 5. The van der Waals surface area contributed by atoms with Crippen molar-refractivity contribution in [2.24, 2.45) is 0 Å². The summed E-state index contributed by atoms with van der Waals surface area (Å²) in [5.74, 6) is -0.0529. The Bertz CT molecular complexity index is 543. The van der Waals surface area contributed by atoms with Crippen molar-refractivity contribution in [3.8, 4) is 0 Å². The lowest BCUT2D eigenvalue weighted by Crippen LogP contribution is -2.27. The lowest BCUT2D eigenvalue weighted by atomic mass is 10.2. The summed E-state index contributed by atoms with van der Waals surface area (Å²) in [6.07, 6.45) is 0. The maximum absolute atomic E-state index is 11.8. The van der Waals surface area contributed by atoms with Crippen LogP contribution in [0, 0.1) is 0 Å². The monoisotopic (exact) mass is 318 g/mol. The van der Waals surface area contributed by atoms with Crippen LogP contribution in [0.25, 0.3) is 0 Å². The summed E-state index contributed by atoms with van der Waals surface area (Å²) in [7, 11) is 0. The molecule has 98 valence electrons. The van der Waals surface area contributed by atoms with Gasteiger partial charge in [0.2, 0.25) is 5.91 Å². The minimum Gasteiger partial charge on any atom is -0.324 e. The molecular formula is C15H15BrN2O. The average Bonchev–Trinajstić information content (AvgIpc) is 2.43. The summed E-state index contributed by atoms with van der Waals surface area (Å²) in [5, 5.41) is 5.96. The van der Waals surface area contributed by atoms with E-state index >= 15 is 0 Å². The van der Waals surface area contributed by atoms with Crippen LogP contribution in [-0.4, -0.2) is 12.5 Å². The topological polar surface area (TPSA) is 41.1 Å². The first-order valence-electron chi connectivity index (χ1n) is 6.05. The molecule has 3 nitrogen and oxygen atoms in total. The van der Waals surface area contributed by atoms with Crippen LogP contribution in [0.3, 0.4) is 0 Å². The molecule has 19 heavy (non-hydrogen) atoms. The van der Waals surface area contributed by atoms with Crippen molar-refractivity contribution < 1.29 is 4.79 Å². The number of amides is 1. The Kier molecular flexibility index (Phi) is 5.12. The van der Waals surface area contributed by atoms with Crippen molar-refractivity contribution >= 4 is 27.5 Å². The average molecular weight is 319 g/mol. The number of carbonyl (C=O) groups is 1. The lowest BCUT2D eigenvalue weighted by Gasteiger charge is -2.08. The highest BCUT2D eigenvalue weighted by Gasteiger charge is 2.04. The fourth-order valence-electron chi connectivity index (χ4n) is 1.67. The number of hydrogen-bond acceptors (Lipinski definition) is 2. The molecule has 0 atom stereocenters. The maximum Gasteiger partial charge on any atom is 0.238 e. The summed E-state index contributed by atoms with van der Waals surface area (Å²) in [6, 6.07) is 17.5. The number of halogens is 1. The van der Waals surface area contributed by atoms with E-state index in [4.69, 9.17) is 0 Å². The third-order valence-electron chi connectivity index (χ3n) is 2.61. The van der Waals surface area contributed by atoms with E-state index in [1.54, 1.807) is 0 Å². The molecule has 0 radical (unpaired) electrons. The smallest absolute Gasteiger partial charge is 0.238 e. The standard InChI is InChI=1S/C15H15BrN2O/c16-13-8-4-5-9-14(13)18-15(19)11-17-10-12-6-2-1-3-7-12/h1-9,17H,10-11H2,(H,18,19). The number of anilines is 1. The molecule has 1 amide bonds. The van der Waals surface area contributed by atoms with Gasteiger partial charge in [0.1, 0.15) is 0 Å².